The van der Waals surface area contributed by atoms with Crippen molar-refractivity contribution in [3.8, 4) is 5.88 Å². The predicted octanol–water partition coefficient (Wildman–Crippen LogP) is -1.24. The number of hydrogen-bond acceptors (Lipinski definition) is 7. The molecule has 1 saturated heterocycles. The Labute approximate surface area is 129 Å². The van der Waals surface area contributed by atoms with Crippen LogP contribution >= 0.6 is 0 Å². The number of ether oxygens (including phenoxy) is 2. The highest BCUT2D eigenvalue weighted by Gasteiger charge is 2.57. The molecule has 0 bridgehead atoms. The van der Waals surface area contributed by atoms with E-state index in [1.54, 1.807) is 24.3 Å². The molecule has 2 aromatic rings. The van der Waals surface area contributed by atoms with Crippen LogP contribution in [0.1, 0.15) is 0 Å². The smallest absolute Gasteiger partial charge is 0.356 e. The number of benzene rings is 1. The maximum absolute atomic E-state index is 11.0. The molecule has 124 valence electrons. The summed E-state index contributed by atoms with van der Waals surface area (Å²) in [6, 6.07) is 8.55. The first-order chi connectivity index (χ1) is 10.8. The summed E-state index contributed by atoms with van der Waals surface area (Å²) in [5.41, 5.74) is 0.673. The molecule has 5 atom stereocenters. The Kier molecular flexibility index (Phi) is 3.74. The number of para-hydroxylation sites is 1. The van der Waals surface area contributed by atoms with Gasteiger partial charge in [-0.25, -0.2) is 4.79 Å². The third-order valence-corrected chi connectivity index (χ3v) is 3.66. The number of aliphatic hydroxyl groups excluding tert-OH is 3. The minimum atomic E-state index is -2.84. The van der Waals surface area contributed by atoms with Gasteiger partial charge in [0.25, 0.3) is 0 Å². The minimum Gasteiger partial charge on any atom is -0.479 e. The van der Waals surface area contributed by atoms with Crippen LogP contribution in [-0.2, 0) is 9.53 Å². The van der Waals surface area contributed by atoms with Gasteiger partial charge in [0.15, 0.2) is 18.1 Å². The Morgan fingerprint density at radius 1 is 1.22 bits per heavy atom. The van der Waals surface area contributed by atoms with Crippen LogP contribution < -0.4 is 4.74 Å². The second-order valence-corrected chi connectivity index (χ2v) is 5.26. The van der Waals surface area contributed by atoms with Crippen molar-refractivity contribution in [1.82, 2.24) is 4.98 Å². The third-order valence-electron chi connectivity index (χ3n) is 3.66. The molecule has 0 radical (unpaired) electrons. The molecule has 0 unspecified atom stereocenters. The lowest BCUT2D eigenvalue weighted by molar-refractivity contribution is -0.416. The zero-order valence-corrected chi connectivity index (χ0v) is 11.7. The molecule has 0 saturated carbocycles. The van der Waals surface area contributed by atoms with Gasteiger partial charge in [-0.05, 0) is 6.07 Å². The summed E-state index contributed by atoms with van der Waals surface area (Å²) in [5, 5.41) is 49.2. The van der Waals surface area contributed by atoms with Crippen LogP contribution in [0, 0.1) is 0 Å². The van der Waals surface area contributed by atoms with Crippen molar-refractivity contribution in [2.75, 3.05) is 0 Å². The van der Waals surface area contributed by atoms with Crippen molar-refractivity contribution in [2.24, 2.45) is 0 Å². The van der Waals surface area contributed by atoms with Crippen molar-refractivity contribution in [3.63, 3.8) is 0 Å². The molecule has 6 N–H and O–H groups in total. The summed E-state index contributed by atoms with van der Waals surface area (Å²) in [4.78, 5) is 13.8. The van der Waals surface area contributed by atoms with E-state index in [0.717, 1.165) is 5.39 Å². The van der Waals surface area contributed by atoms with Gasteiger partial charge in [0.1, 0.15) is 12.2 Å². The van der Waals surface area contributed by atoms with E-state index < -0.39 is 36.4 Å². The predicted molar refractivity (Wildman–Crippen MR) is 74.4 cm³/mol. The molecule has 0 spiro atoms. The van der Waals surface area contributed by atoms with E-state index in [0.29, 0.717) is 5.52 Å². The molecule has 2 heterocycles. The van der Waals surface area contributed by atoms with Crippen LogP contribution in [0.4, 0.5) is 0 Å². The van der Waals surface area contributed by atoms with Crippen LogP contribution in [-0.4, -0.2) is 66.9 Å². The Bertz CT molecular complexity index is 697. The van der Waals surface area contributed by atoms with Crippen molar-refractivity contribution in [1.29, 1.82) is 0 Å². The minimum absolute atomic E-state index is 0.0134. The molecule has 0 aliphatic carbocycles. The normalized spacial score (nSPS) is 34.4. The summed E-state index contributed by atoms with van der Waals surface area (Å²) >= 11 is 0. The highest BCUT2D eigenvalue weighted by atomic mass is 16.8. The van der Waals surface area contributed by atoms with Crippen LogP contribution in [0.25, 0.3) is 10.9 Å². The average molecular weight is 325 g/mol. The SMILES string of the molecule is O=C(O)[C@H]1O[C@](O)(Oc2cc3ccccc3[nH]2)[C@H](O)[C@@H](O)[C@@H]1O. The number of aromatic amines is 1. The number of aliphatic carboxylic acids is 1. The summed E-state index contributed by atoms with van der Waals surface area (Å²) in [5.74, 6) is -4.48. The van der Waals surface area contributed by atoms with Gasteiger partial charge in [-0.3, -0.25) is 4.74 Å². The maximum atomic E-state index is 11.0. The molecule has 1 fully saturated rings. The number of rotatable bonds is 3. The fraction of sp³-hybridized carbons (Fsp3) is 0.357. The first-order valence-corrected chi connectivity index (χ1v) is 6.76. The van der Waals surface area contributed by atoms with Crippen molar-refractivity contribution in [2.45, 2.75) is 30.4 Å². The van der Waals surface area contributed by atoms with Crippen molar-refractivity contribution in [3.05, 3.63) is 30.3 Å². The number of fused-ring (bicyclic) bond motifs is 1. The molecule has 1 aliphatic rings. The van der Waals surface area contributed by atoms with E-state index in [4.69, 9.17) is 14.6 Å². The number of carboxylic acids is 1. The number of carboxylic acid groups (broad SMARTS) is 1. The van der Waals surface area contributed by atoms with E-state index in [9.17, 15) is 25.2 Å². The number of aliphatic hydroxyl groups is 4. The molecule has 1 aromatic carbocycles. The van der Waals surface area contributed by atoms with Crippen LogP contribution in [0.15, 0.2) is 30.3 Å². The lowest BCUT2D eigenvalue weighted by atomic mass is 9.97. The first kappa shape index (κ1) is 15.7. The Balaban J connectivity index is 1.90. The van der Waals surface area contributed by atoms with Gasteiger partial charge in [0.05, 0.1) is 0 Å². The number of hydrogen-bond donors (Lipinski definition) is 6. The summed E-state index contributed by atoms with van der Waals surface area (Å²) in [6.45, 7) is 0. The van der Waals surface area contributed by atoms with Crippen LogP contribution in [0.2, 0.25) is 0 Å². The number of aromatic nitrogens is 1. The van der Waals surface area contributed by atoms with E-state index in [1.165, 1.54) is 6.07 Å². The van der Waals surface area contributed by atoms with E-state index in [1.807, 2.05) is 0 Å². The molecular weight excluding hydrogens is 310 g/mol. The fourth-order valence-corrected chi connectivity index (χ4v) is 2.44. The Morgan fingerprint density at radius 2 is 1.91 bits per heavy atom. The molecule has 23 heavy (non-hydrogen) atoms. The van der Waals surface area contributed by atoms with E-state index >= 15 is 0 Å². The van der Waals surface area contributed by atoms with Crippen molar-refractivity contribution >= 4 is 16.9 Å². The average Bonchev–Trinajstić information content (AvgIpc) is 2.90. The molecule has 1 aromatic heterocycles. The largest absolute Gasteiger partial charge is 0.479 e. The van der Waals surface area contributed by atoms with Crippen LogP contribution in [0.3, 0.4) is 0 Å². The highest BCUT2D eigenvalue weighted by molar-refractivity contribution is 5.81. The topological polar surface area (TPSA) is 152 Å². The van der Waals surface area contributed by atoms with E-state index in [-0.39, 0.29) is 5.88 Å². The summed E-state index contributed by atoms with van der Waals surface area (Å²) in [7, 11) is 0. The lowest BCUT2D eigenvalue weighted by Gasteiger charge is -2.42. The fourth-order valence-electron chi connectivity index (χ4n) is 2.44. The molecule has 1 aliphatic heterocycles. The van der Waals surface area contributed by atoms with E-state index in [2.05, 4.69) is 4.98 Å². The van der Waals surface area contributed by atoms with Gasteiger partial charge < -0.3 is 35.3 Å². The zero-order chi connectivity index (χ0) is 16.8. The molecule has 3 rings (SSSR count). The third kappa shape index (κ3) is 2.64. The van der Waals surface area contributed by atoms with Gasteiger partial charge in [-0.1, -0.05) is 18.2 Å². The van der Waals surface area contributed by atoms with Gasteiger partial charge in [0.2, 0.25) is 0 Å². The Morgan fingerprint density at radius 3 is 2.57 bits per heavy atom. The standard InChI is InChI=1S/C14H15NO8/c16-9-10(17)12(18)14(21,23-11(9)13(19)20)22-8-5-6-3-1-2-4-7(6)15-8/h1-5,9-12,15-18,21H,(H,19,20)/t9-,10-,11-,12+,14+/m0/s1. The molecule has 9 heteroatoms. The number of carbonyl (C=O) groups is 1. The number of nitrogens with one attached hydrogen (secondary N) is 1. The molecule has 9 nitrogen and oxygen atoms in total. The second-order valence-electron chi connectivity index (χ2n) is 5.26. The maximum Gasteiger partial charge on any atom is 0.356 e. The summed E-state index contributed by atoms with van der Waals surface area (Å²) in [6.07, 6.45) is -7.95. The molecular formula is C14H15NO8. The van der Waals surface area contributed by atoms with Gasteiger partial charge in [-0.2, -0.15) is 0 Å². The Hall–Kier alpha value is -2.17. The quantitative estimate of drug-likeness (QED) is 0.383. The molecule has 0 amide bonds. The lowest BCUT2D eigenvalue weighted by Crippen LogP contribution is -2.68. The van der Waals surface area contributed by atoms with Gasteiger partial charge >= 0.3 is 11.9 Å². The monoisotopic (exact) mass is 325 g/mol. The number of H-pyrrole nitrogens is 1. The highest BCUT2D eigenvalue weighted by Crippen LogP contribution is 2.32. The zero-order valence-electron chi connectivity index (χ0n) is 11.7. The van der Waals surface area contributed by atoms with Gasteiger partial charge in [0, 0.05) is 17.0 Å². The first-order valence-electron chi connectivity index (χ1n) is 6.76. The second kappa shape index (κ2) is 5.48. The van der Waals surface area contributed by atoms with Gasteiger partial charge in [-0.15, -0.1) is 0 Å². The summed E-state index contributed by atoms with van der Waals surface area (Å²) < 4.78 is 9.92. The van der Waals surface area contributed by atoms with Crippen molar-refractivity contribution < 1.29 is 39.8 Å². The van der Waals surface area contributed by atoms with Crippen LogP contribution in [0.5, 0.6) is 5.88 Å².